The number of ether oxygens (including phenoxy) is 2. The van der Waals surface area contributed by atoms with Crippen LogP contribution in [0.3, 0.4) is 0 Å². The van der Waals surface area contributed by atoms with E-state index in [4.69, 9.17) is 9.47 Å². The molecule has 0 bridgehead atoms. The first kappa shape index (κ1) is 22.7. The summed E-state index contributed by atoms with van der Waals surface area (Å²) < 4.78 is 13.1. The van der Waals surface area contributed by atoms with Crippen molar-refractivity contribution in [2.24, 2.45) is 0 Å². The summed E-state index contributed by atoms with van der Waals surface area (Å²) in [6, 6.07) is 25.4. The standard InChI is InChI=1S/C27H26N2O3S/c1-4-31-23-14-12-21(13-15-23)18-25(30)32-27-26(33-24-16-10-19(2)11-17-24)20(3)28-29(27)22-8-6-5-7-9-22/h5-17H,4,18H2,1-3H3. The Morgan fingerprint density at radius 3 is 2.30 bits per heavy atom. The second-order valence-electron chi connectivity index (χ2n) is 7.61. The van der Waals surface area contributed by atoms with Gasteiger partial charge in [-0.15, -0.1) is 0 Å². The minimum Gasteiger partial charge on any atom is -0.494 e. The van der Waals surface area contributed by atoms with Gasteiger partial charge in [-0.2, -0.15) is 9.78 Å². The molecular formula is C27H26N2O3S. The number of nitrogens with zero attached hydrogens (tertiary/aromatic N) is 2. The normalized spacial score (nSPS) is 10.8. The molecule has 168 valence electrons. The summed E-state index contributed by atoms with van der Waals surface area (Å²) in [4.78, 5) is 14.8. The molecule has 0 atom stereocenters. The van der Waals surface area contributed by atoms with E-state index in [0.29, 0.717) is 12.5 Å². The van der Waals surface area contributed by atoms with Crippen LogP contribution < -0.4 is 9.47 Å². The van der Waals surface area contributed by atoms with E-state index in [1.165, 1.54) is 5.56 Å². The molecule has 3 aromatic carbocycles. The lowest BCUT2D eigenvalue weighted by molar-refractivity contribution is -0.134. The van der Waals surface area contributed by atoms with Gasteiger partial charge in [-0.1, -0.05) is 59.8 Å². The van der Waals surface area contributed by atoms with Crippen LogP contribution >= 0.6 is 11.8 Å². The molecule has 0 spiro atoms. The maximum Gasteiger partial charge on any atom is 0.317 e. The number of rotatable bonds is 8. The summed E-state index contributed by atoms with van der Waals surface area (Å²) in [6.07, 6.45) is 0.153. The van der Waals surface area contributed by atoms with E-state index in [0.717, 1.165) is 32.5 Å². The van der Waals surface area contributed by atoms with Crippen molar-refractivity contribution in [1.82, 2.24) is 9.78 Å². The molecule has 0 radical (unpaired) electrons. The molecule has 4 rings (SSSR count). The number of esters is 1. The van der Waals surface area contributed by atoms with Crippen LogP contribution in [0.5, 0.6) is 11.6 Å². The van der Waals surface area contributed by atoms with Crippen LogP contribution in [-0.2, 0) is 11.2 Å². The van der Waals surface area contributed by atoms with Crippen molar-refractivity contribution < 1.29 is 14.3 Å². The molecule has 0 fully saturated rings. The highest BCUT2D eigenvalue weighted by Crippen LogP contribution is 2.39. The molecule has 0 aliphatic rings. The molecule has 1 aromatic heterocycles. The van der Waals surface area contributed by atoms with Gasteiger partial charge in [-0.05, 0) is 62.7 Å². The number of aromatic nitrogens is 2. The van der Waals surface area contributed by atoms with Crippen LogP contribution in [0.25, 0.3) is 5.69 Å². The van der Waals surface area contributed by atoms with Crippen molar-refractivity contribution >= 4 is 17.7 Å². The second kappa shape index (κ2) is 10.4. The summed E-state index contributed by atoms with van der Waals surface area (Å²) in [7, 11) is 0. The van der Waals surface area contributed by atoms with E-state index in [-0.39, 0.29) is 12.4 Å². The average molecular weight is 459 g/mol. The van der Waals surface area contributed by atoms with Crippen molar-refractivity contribution in [3.63, 3.8) is 0 Å². The first-order valence-corrected chi connectivity index (χ1v) is 11.7. The fourth-order valence-electron chi connectivity index (χ4n) is 3.35. The fourth-order valence-corrected chi connectivity index (χ4v) is 4.26. The molecule has 0 amide bonds. The number of carbonyl (C=O) groups is 1. The zero-order valence-electron chi connectivity index (χ0n) is 18.9. The van der Waals surface area contributed by atoms with Gasteiger partial charge in [0.25, 0.3) is 0 Å². The SMILES string of the molecule is CCOc1ccc(CC(=O)Oc2c(Sc3ccc(C)cc3)c(C)nn2-c2ccccc2)cc1. The maximum atomic E-state index is 12.9. The van der Waals surface area contributed by atoms with Gasteiger partial charge in [-0.25, -0.2) is 0 Å². The number of hydrogen-bond acceptors (Lipinski definition) is 5. The Bertz CT molecular complexity index is 1220. The predicted octanol–water partition coefficient (Wildman–Crippen LogP) is 6.19. The summed E-state index contributed by atoms with van der Waals surface area (Å²) in [5.74, 6) is 0.867. The Balaban J connectivity index is 1.62. The number of carbonyl (C=O) groups excluding carboxylic acids is 1. The molecule has 4 aromatic rings. The van der Waals surface area contributed by atoms with E-state index in [9.17, 15) is 4.79 Å². The lowest BCUT2D eigenvalue weighted by Crippen LogP contribution is -2.14. The van der Waals surface area contributed by atoms with Gasteiger partial charge in [-0.3, -0.25) is 4.79 Å². The Kier molecular flexibility index (Phi) is 7.15. The van der Waals surface area contributed by atoms with Gasteiger partial charge in [0.1, 0.15) is 5.75 Å². The minimum absolute atomic E-state index is 0.153. The van der Waals surface area contributed by atoms with Crippen LogP contribution in [0.4, 0.5) is 0 Å². The molecule has 0 N–H and O–H groups in total. The van der Waals surface area contributed by atoms with E-state index < -0.39 is 0 Å². The van der Waals surface area contributed by atoms with Crippen LogP contribution in [-0.4, -0.2) is 22.4 Å². The van der Waals surface area contributed by atoms with Gasteiger partial charge in [0.2, 0.25) is 5.88 Å². The van der Waals surface area contributed by atoms with E-state index >= 15 is 0 Å². The smallest absolute Gasteiger partial charge is 0.317 e. The predicted molar refractivity (Wildman–Crippen MR) is 131 cm³/mol. The molecular weight excluding hydrogens is 432 g/mol. The summed E-state index contributed by atoms with van der Waals surface area (Å²) in [5, 5.41) is 4.69. The monoisotopic (exact) mass is 458 g/mol. The molecule has 0 aliphatic carbocycles. The van der Waals surface area contributed by atoms with Crippen LogP contribution in [0.15, 0.2) is 88.7 Å². The molecule has 0 aliphatic heterocycles. The second-order valence-corrected chi connectivity index (χ2v) is 8.69. The summed E-state index contributed by atoms with van der Waals surface area (Å²) in [6.45, 7) is 6.53. The van der Waals surface area contributed by atoms with Crippen LogP contribution in [0.1, 0.15) is 23.7 Å². The van der Waals surface area contributed by atoms with Crippen molar-refractivity contribution in [3.8, 4) is 17.3 Å². The molecule has 1 heterocycles. The fraction of sp³-hybridized carbons (Fsp3) is 0.185. The summed E-state index contributed by atoms with van der Waals surface area (Å²) in [5.41, 5.74) is 3.69. The van der Waals surface area contributed by atoms with Crippen molar-refractivity contribution in [3.05, 3.63) is 95.7 Å². The molecule has 6 heteroatoms. The summed E-state index contributed by atoms with van der Waals surface area (Å²) >= 11 is 1.54. The third-order valence-corrected chi connectivity index (χ3v) is 6.18. The van der Waals surface area contributed by atoms with E-state index in [2.05, 4.69) is 36.3 Å². The first-order valence-electron chi connectivity index (χ1n) is 10.9. The topological polar surface area (TPSA) is 53.4 Å². The first-order chi connectivity index (χ1) is 16.0. The minimum atomic E-state index is -0.345. The van der Waals surface area contributed by atoms with Crippen molar-refractivity contribution in [2.75, 3.05) is 6.61 Å². The highest BCUT2D eigenvalue weighted by molar-refractivity contribution is 7.99. The third-order valence-electron chi connectivity index (χ3n) is 5.00. The van der Waals surface area contributed by atoms with Crippen LogP contribution in [0.2, 0.25) is 0 Å². The Morgan fingerprint density at radius 2 is 1.64 bits per heavy atom. The van der Waals surface area contributed by atoms with Gasteiger partial charge < -0.3 is 9.47 Å². The largest absolute Gasteiger partial charge is 0.494 e. The third kappa shape index (κ3) is 5.65. The maximum absolute atomic E-state index is 12.9. The van der Waals surface area contributed by atoms with Gasteiger partial charge in [0, 0.05) is 4.90 Å². The number of hydrogen-bond donors (Lipinski definition) is 0. The zero-order valence-corrected chi connectivity index (χ0v) is 19.8. The number of benzene rings is 3. The van der Waals surface area contributed by atoms with E-state index in [1.54, 1.807) is 16.4 Å². The Labute approximate surface area is 198 Å². The van der Waals surface area contributed by atoms with Gasteiger partial charge in [0.05, 0.1) is 29.3 Å². The molecule has 0 saturated carbocycles. The highest BCUT2D eigenvalue weighted by Gasteiger charge is 2.22. The molecule has 5 nitrogen and oxygen atoms in total. The Morgan fingerprint density at radius 1 is 0.939 bits per heavy atom. The van der Waals surface area contributed by atoms with E-state index in [1.807, 2.05) is 68.4 Å². The van der Waals surface area contributed by atoms with Crippen molar-refractivity contribution in [2.45, 2.75) is 37.0 Å². The van der Waals surface area contributed by atoms with Gasteiger partial charge in [0.15, 0.2) is 0 Å². The van der Waals surface area contributed by atoms with Crippen molar-refractivity contribution in [1.29, 1.82) is 0 Å². The molecule has 0 unspecified atom stereocenters. The molecule has 33 heavy (non-hydrogen) atoms. The highest BCUT2D eigenvalue weighted by atomic mass is 32.2. The van der Waals surface area contributed by atoms with Gasteiger partial charge >= 0.3 is 5.97 Å². The lowest BCUT2D eigenvalue weighted by Gasteiger charge is -2.11. The zero-order chi connectivity index (χ0) is 23.2. The number of aryl methyl sites for hydroxylation is 2. The van der Waals surface area contributed by atoms with Crippen LogP contribution in [0, 0.1) is 13.8 Å². The quantitative estimate of drug-likeness (QED) is 0.295. The lowest BCUT2D eigenvalue weighted by atomic mass is 10.1. The Hall–Kier alpha value is -3.51. The average Bonchev–Trinajstić information content (AvgIpc) is 3.12. The number of para-hydroxylation sites is 1. The molecule has 0 saturated heterocycles.